The Morgan fingerprint density at radius 2 is 1.65 bits per heavy atom. The third-order valence-electron chi connectivity index (χ3n) is 4.96. The summed E-state index contributed by atoms with van der Waals surface area (Å²) in [6.45, 7) is 11.1. The van der Waals surface area contributed by atoms with Crippen molar-refractivity contribution in [3.63, 3.8) is 0 Å². The minimum Gasteiger partial charge on any atom is -0.194 e. The van der Waals surface area contributed by atoms with E-state index >= 15 is 0 Å². The lowest BCUT2D eigenvalue weighted by Crippen LogP contribution is -2.32. The monoisotopic (exact) mass is 304 g/mol. The van der Waals surface area contributed by atoms with Crippen LogP contribution >= 0.6 is 0 Å². The second-order valence-corrected chi connectivity index (χ2v) is 6.97. The number of hydrogen-bond acceptors (Lipinski definition) is 0. The lowest BCUT2D eigenvalue weighted by molar-refractivity contribution is -0.633. The number of hydrogen-bond donors (Lipinski definition) is 0. The molecular formula is C22H26N+. The molecule has 0 fully saturated rings. The van der Waals surface area contributed by atoms with Gasteiger partial charge in [-0.25, -0.2) is 0 Å². The van der Waals surface area contributed by atoms with Gasteiger partial charge in [-0.2, -0.15) is 4.57 Å². The molecule has 1 aromatic heterocycles. The zero-order chi connectivity index (χ0) is 16.7. The van der Waals surface area contributed by atoms with Crippen LogP contribution in [0.3, 0.4) is 0 Å². The van der Waals surface area contributed by atoms with E-state index in [-0.39, 0.29) is 0 Å². The van der Waals surface area contributed by atoms with Crippen molar-refractivity contribution in [1.82, 2.24) is 0 Å². The van der Waals surface area contributed by atoms with Gasteiger partial charge in [-0.1, -0.05) is 37.6 Å². The van der Waals surface area contributed by atoms with Crippen LogP contribution in [-0.2, 0) is 7.05 Å². The first kappa shape index (κ1) is 15.7. The smallest absolute Gasteiger partial charge is 0.194 e. The molecule has 0 saturated heterocycles. The van der Waals surface area contributed by atoms with E-state index in [2.05, 4.69) is 88.7 Å². The predicted octanol–water partition coefficient (Wildman–Crippen LogP) is 5.38. The number of aromatic nitrogens is 1. The number of aryl methyl sites for hydroxylation is 3. The van der Waals surface area contributed by atoms with E-state index in [0.717, 1.165) is 0 Å². The van der Waals surface area contributed by atoms with Crippen LogP contribution in [0.15, 0.2) is 42.5 Å². The van der Waals surface area contributed by atoms with Crippen molar-refractivity contribution in [3.8, 4) is 11.3 Å². The maximum Gasteiger partial charge on any atom is 0.213 e. The average Bonchev–Trinajstić information content (AvgIpc) is 2.51. The molecule has 1 nitrogen and oxygen atoms in total. The molecule has 0 N–H and O–H groups in total. The summed E-state index contributed by atoms with van der Waals surface area (Å²) in [4.78, 5) is 0. The first-order valence-corrected chi connectivity index (χ1v) is 8.40. The third-order valence-corrected chi connectivity index (χ3v) is 4.96. The van der Waals surface area contributed by atoms with Crippen molar-refractivity contribution >= 4 is 10.9 Å². The zero-order valence-corrected chi connectivity index (χ0v) is 15.1. The highest BCUT2D eigenvalue weighted by Gasteiger charge is 2.18. The fourth-order valence-electron chi connectivity index (χ4n) is 3.53. The summed E-state index contributed by atoms with van der Waals surface area (Å²) >= 11 is 0. The van der Waals surface area contributed by atoms with Crippen molar-refractivity contribution in [2.24, 2.45) is 7.05 Å². The summed E-state index contributed by atoms with van der Waals surface area (Å²) in [5.41, 5.74) is 9.37. The molecule has 0 spiro atoms. The van der Waals surface area contributed by atoms with Gasteiger partial charge in [-0.3, -0.25) is 0 Å². The summed E-state index contributed by atoms with van der Waals surface area (Å²) < 4.78 is 2.34. The van der Waals surface area contributed by atoms with Crippen molar-refractivity contribution in [2.75, 3.05) is 0 Å². The molecule has 0 saturated carbocycles. The van der Waals surface area contributed by atoms with E-state index in [1.807, 2.05) is 0 Å². The van der Waals surface area contributed by atoms with E-state index in [1.165, 1.54) is 44.4 Å². The highest BCUT2D eigenvalue weighted by Crippen LogP contribution is 2.29. The van der Waals surface area contributed by atoms with Crippen LogP contribution in [0.25, 0.3) is 22.2 Å². The Balaban J connectivity index is 2.31. The van der Waals surface area contributed by atoms with Crippen molar-refractivity contribution in [3.05, 3.63) is 64.7 Å². The lowest BCUT2D eigenvalue weighted by atomic mass is 9.95. The largest absolute Gasteiger partial charge is 0.213 e. The topological polar surface area (TPSA) is 3.88 Å². The Bertz CT molecular complexity index is 888. The van der Waals surface area contributed by atoms with Crippen LogP contribution in [0.1, 0.15) is 42.0 Å². The number of fused-ring (bicyclic) bond motifs is 1. The second kappa shape index (κ2) is 5.81. The molecule has 3 rings (SSSR count). The highest BCUT2D eigenvalue weighted by molar-refractivity contribution is 5.82. The summed E-state index contributed by atoms with van der Waals surface area (Å²) in [7, 11) is 2.18. The molecule has 0 aliphatic rings. The molecule has 23 heavy (non-hydrogen) atoms. The van der Waals surface area contributed by atoms with E-state index in [0.29, 0.717) is 5.92 Å². The molecule has 1 heterocycles. The van der Waals surface area contributed by atoms with Gasteiger partial charge in [-0.15, -0.1) is 0 Å². The zero-order valence-electron chi connectivity index (χ0n) is 15.1. The van der Waals surface area contributed by atoms with Gasteiger partial charge in [0.1, 0.15) is 7.05 Å². The number of nitrogens with zero attached hydrogens (tertiary/aromatic N) is 1. The summed E-state index contributed by atoms with van der Waals surface area (Å²) in [5.74, 6) is 0.535. The van der Waals surface area contributed by atoms with Crippen LogP contribution in [0, 0.1) is 20.8 Å². The normalized spacial score (nSPS) is 11.4. The predicted molar refractivity (Wildman–Crippen MR) is 98.9 cm³/mol. The molecule has 0 amide bonds. The first-order valence-electron chi connectivity index (χ1n) is 8.40. The van der Waals surface area contributed by atoms with Gasteiger partial charge in [0.05, 0.1) is 0 Å². The Hall–Kier alpha value is -2.15. The van der Waals surface area contributed by atoms with E-state index in [9.17, 15) is 0 Å². The van der Waals surface area contributed by atoms with Gasteiger partial charge < -0.3 is 0 Å². The van der Waals surface area contributed by atoms with E-state index < -0.39 is 0 Å². The number of rotatable bonds is 2. The van der Waals surface area contributed by atoms with Crippen LogP contribution in [0.4, 0.5) is 0 Å². The lowest BCUT2D eigenvalue weighted by Gasteiger charge is -2.12. The summed E-state index contributed by atoms with van der Waals surface area (Å²) in [6, 6.07) is 15.8. The van der Waals surface area contributed by atoms with Crippen LogP contribution in [-0.4, -0.2) is 0 Å². The second-order valence-electron chi connectivity index (χ2n) is 6.97. The molecule has 1 heteroatoms. The van der Waals surface area contributed by atoms with Gasteiger partial charge in [0.15, 0.2) is 0 Å². The highest BCUT2D eigenvalue weighted by atomic mass is 14.9. The minimum absolute atomic E-state index is 0.535. The molecule has 0 radical (unpaired) electrons. The first-order chi connectivity index (χ1) is 10.9. The Kier molecular flexibility index (Phi) is 3.97. The molecule has 0 bridgehead atoms. The fraction of sp³-hybridized carbons (Fsp3) is 0.318. The van der Waals surface area contributed by atoms with Crippen LogP contribution < -0.4 is 4.57 Å². The van der Waals surface area contributed by atoms with Crippen molar-refractivity contribution < 1.29 is 4.57 Å². The number of pyridine rings is 1. The van der Waals surface area contributed by atoms with Gasteiger partial charge in [-0.05, 0) is 55.5 Å². The van der Waals surface area contributed by atoms with Gasteiger partial charge >= 0.3 is 0 Å². The maximum atomic E-state index is 2.34. The van der Waals surface area contributed by atoms with Crippen LogP contribution in [0.2, 0.25) is 0 Å². The molecule has 0 aliphatic carbocycles. The van der Waals surface area contributed by atoms with E-state index in [4.69, 9.17) is 0 Å². The van der Waals surface area contributed by atoms with Gasteiger partial charge in [0.25, 0.3) is 0 Å². The molecule has 118 valence electrons. The standard InChI is InChI=1S/C22H26N/c1-14(2)18-8-7-9-21-19(18)10-11-22(23(21)6)20-13-15(3)12-16(4)17(20)5/h7-14H,1-6H3/q+1. The van der Waals surface area contributed by atoms with E-state index in [1.54, 1.807) is 0 Å². The molecule has 2 aromatic carbocycles. The molecule has 0 unspecified atom stereocenters. The molecule has 0 atom stereocenters. The van der Waals surface area contributed by atoms with Gasteiger partial charge in [0, 0.05) is 23.1 Å². The minimum atomic E-state index is 0.535. The number of benzene rings is 2. The molecule has 3 aromatic rings. The maximum absolute atomic E-state index is 2.34. The summed E-state index contributed by atoms with van der Waals surface area (Å²) in [5, 5.41) is 1.36. The Morgan fingerprint density at radius 1 is 0.913 bits per heavy atom. The third kappa shape index (κ3) is 2.65. The van der Waals surface area contributed by atoms with Crippen LogP contribution in [0.5, 0.6) is 0 Å². The summed E-state index contributed by atoms with van der Waals surface area (Å²) in [6.07, 6.45) is 0. The average molecular weight is 304 g/mol. The fourth-order valence-corrected chi connectivity index (χ4v) is 3.53. The molecular weight excluding hydrogens is 278 g/mol. The SMILES string of the molecule is Cc1cc(C)c(C)c(-c2ccc3c(C(C)C)cccc3[n+]2C)c1. The van der Waals surface area contributed by atoms with Crippen molar-refractivity contribution in [1.29, 1.82) is 0 Å². The molecule has 0 aliphatic heterocycles. The quantitative estimate of drug-likeness (QED) is 0.560. The Labute approximate surface area is 139 Å². The van der Waals surface area contributed by atoms with Gasteiger partial charge in [0.2, 0.25) is 11.2 Å². The van der Waals surface area contributed by atoms with Crippen molar-refractivity contribution in [2.45, 2.75) is 40.5 Å². The Morgan fingerprint density at radius 3 is 2.35 bits per heavy atom.